The summed E-state index contributed by atoms with van der Waals surface area (Å²) >= 11 is 4.60. The van der Waals surface area contributed by atoms with Gasteiger partial charge in [-0.15, -0.1) is 11.3 Å². The van der Waals surface area contributed by atoms with Crippen molar-refractivity contribution in [1.82, 2.24) is 5.32 Å². The van der Waals surface area contributed by atoms with Crippen LogP contribution in [-0.4, -0.2) is 50.1 Å². The fraction of sp³-hybridized carbons (Fsp3) is 0.500. The van der Waals surface area contributed by atoms with Gasteiger partial charge >= 0.3 is 0 Å². The number of carboxylic acid groups (broad SMARTS) is 1. The molecule has 0 fully saturated rings. The Morgan fingerprint density at radius 2 is 2.05 bits per heavy atom. The topological polar surface area (TPSA) is 69.2 Å². The smallest absolute Gasteiger partial charge is 0.261 e. The number of carbonyl (C=O) groups is 2. The highest BCUT2D eigenvalue weighted by Crippen LogP contribution is 2.22. The van der Waals surface area contributed by atoms with Crippen LogP contribution in [0.15, 0.2) is 15.9 Å². The molecule has 0 aliphatic heterocycles. The minimum Gasteiger partial charge on any atom is -0.550 e. The molecular weight excluding hydrogens is 332 g/mol. The summed E-state index contributed by atoms with van der Waals surface area (Å²) < 4.78 is 1.42. The van der Waals surface area contributed by atoms with E-state index in [0.29, 0.717) is 15.9 Å². The number of nitrogens with zero attached hydrogens (tertiary/aromatic N) is 1. The van der Waals surface area contributed by atoms with E-state index in [4.69, 9.17) is 0 Å². The van der Waals surface area contributed by atoms with Gasteiger partial charge in [0.05, 0.1) is 42.4 Å². The first-order valence-corrected chi connectivity index (χ1v) is 7.35. The van der Waals surface area contributed by atoms with E-state index in [1.165, 1.54) is 11.3 Å². The monoisotopic (exact) mass is 348 g/mol. The Labute approximate surface area is 124 Å². The Kier molecular flexibility index (Phi) is 5.51. The van der Waals surface area contributed by atoms with E-state index < -0.39 is 12.0 Å². The molecule has 0 radical (unpaired) electrons. The Morgan fingerprint density at radius 1 is 1.42 bits per heavy atom. The lowest BCUT2D eigenvalue weighted by Crippen LogP contribution is -2.50. The quantitative estimate of drug-likeness (QED) is 0.759. The predicted molar refractivity (Wildman–Crippen MR) is 75.8 cm³/mol. The summed E-state index contributed by atoms with van der Waals surface area (Å²) in [6, 6.07) is 3.04. The molecule has 0 aromatic carbocycles. The Morgan fingerprint density at radius 3 is 2.47 bits per heavy atom. The van der Waals surface area contributed by atoms with Gasteiger partial charge in [0, 0.05) is 12.4 Å². The molecule has 0 bridgehead atoms. The number of nitrogens with one attached hydrogen (secondary N) is 1. The van der Waals surface area contributed by atoms with Crippen molar-refractivity contribution in [3.05, 3.63) is 20.8 Å². The summed E-state index contributed by atoms with van der Waals surface area (Å²) in [4.78, 5) is 23.3. The van der Waals surface area contributed by atoms with E-state index in [-0.39, 0.29) is 12.3 Å². The second-order valence-electron chi connectivity index (χ2n) is 5.32. The highest BCUT2D eigenvalue weighted by atomic mass is 79.9. The van der Waals surface area contributed by atoms with E-state index in [9.17, 15) is 14.7 Å². The first kappa shape index (κ1) is 16.1. The third-order valence-electron chi connectivity index (χ3n) is 2.31. The number of rotatable bonds is 6. The maximum Gasteiger partial charge on any atom is 0.261 e. The van der Waals surface area contributed by atoms with Gasteiger partial charge in [-0.2, -0.15) is 0 Å². The van der Waals surface area contributed by atoms with E-state index in [0.717, 1.165) is 3.79 Å². The van der Waals surface area contributed by atoms with Crippen LogP contribution >= 0.6 is 27.3 Å². The lowest BCUT2D eigenvalue weighted by molar-refractivity contribution is -0.871. The van der Waals surface area contributed by atoms with Crippen LogP contribution in [0, 0.1) is 0 Å². The molecule has 1 amide bonds. The number of halogens is 1. The van der Waals surface area contributed by atoms with Gasteiger partial charge in [-0.3, -0.25) is 4.79 Å². The number of quaternary nitrogens is 1. The number of carbonyl (C=O) groups excluding carboxylic acids is 2. The van der Waals surface area contributed by atoms with E-state index in [2.05, 4.69) is 21.2 Å². The molecule has 1 rings (SSSR count). The summed E-state index contributed by atoms with van der Waals surface area (Å²) in [5, 5.41) is 13.5. The van der Waals surface area contributed by atoms with Crippen LogP contribution in [0.1, 0.15) is 16.1 Å². The number of hydrogen-bond donors (Lipinski definition) is 1. The molecule has 0 unspecified atom stereocenters. The zero-order valence-electron chi connectivity index (χ0n) is 11.1. The van der Waals surface area contributed by atoms with Crippen molar-refractivity contribution in [2.45, 2.75) is 12.5 Å². The number of aliphatic carboxylic acids is 1. The first-order chi connectivity index (χ1) is 8.67. The van der Waals surface area contributed by atoms with Crippen LogP contribution in [-0.2, 0) is 4.79 Å². The summed E-state index contributed by atoms with van der Waals surface area (Å²) in [7, 11) is 5.82. The van der Waals surface area contributed by atoms with Crippen molar-refractivity contribution in [1.29, 1.82) is 0 Å². The molecule has 106 valence electrons. The second-order valence-corrected chi connectivity index (χ2v) is 7.79. The number of carboxylic acids is 1. The van der Waals surface area contributed by atoms with Crippen molar-refractivity contribution in [2.75, 3.05) is 27.7 Å². The molecule has 5 nitrogen and oxygen atoms in total. The molecule has 1 aromatic rings. The molecule has 0 saturated heterocycles. The second kappa shape index (κ2) is 6.49. The predicted octanol–water partition coefficient (Wildman–Crippen LogP) is 0.455. The fourth-order valence-electron chi connectivity index (χ4n) is 1.72. The zero-order chi connectivity index (χ0) is 14.6. The lowest BCUT2D eigenvalue weighted by Gasteiger charge is -2.29. The summed E-state index contributed by atoms with van der Waals surface area (Å²) in [5.41, 5.74) is 0. The SMILES string of the molecule is C[N+](C)(C)C[C@@H](CC(=O)[O-])NC(=O)c1ccc(Br)s1. The van der Waals surface area contributed by atoms with Crippen molar-refractivity contribution in [2.24, 2.45) is 0 Å². The summed E-state index contributed by atoms with van der Waals surface area (Å²) in [6.07, 6.45) is -0.187. The van der Waals surface area contributed by atoms with Crippen molar-refractivity contribution >= 4 is 39.1 Å². The van der Waals surface area contributed by atoms with Gasteiger partial charge in [0.1, 0.15) is 0 Å². The maximum atomic E-state index is 12.0. The van der Waals surface area contributed by atoms with Gasteiger partial charge in [-0.25, -0.2) is 0 Å². The molecule has 1 atom stereocenters. The van der Waals surface area contributed by atoms with E-state index in [1.807, 2.05) is 21.1 Å². The highest BCUT2D eigenvalue weighted by Gasteiger charge is 2.21. The number of amides is 1. The largest absolute Gasteiger partial charge is 0.550 e. The summed E-state index contributed by atoms with van der Waals surface area (Å²) in [5.74, 6) is -1.42. The van der Waals surface area contributed by atoms with Crippen molar-refractivity contribution < 1.29 is 19.2 Å². The number of thiophene rings is 1. The van der Waals surface area contributed by atoms with Crippen LogP contribution in [0.2, 0.25) is 0 Å². The lowest BCUT2D eigenvalue weighted by atomic mass is 10.2. The Balaban J connectivity index is 2.71. The summed E-state index contributed by atoms with van der Waals surface area (Å²) in [6.45, 7) is 0.520. The van der Waals surface area contributed by atoms with Gasteiger partial charge < -0.3 is 19.7 Å². The molecule has 0 saturated carbocycles. The van der Waals surface area contributed by atoms with Gasteiger partial charge in [-0.1, -0.05) is 0 Å². The molecule has 7 heteroatoms. The highest BCUT2D eigenvalue weighted by molar-refractivity contribution is 9.11. The molecular formula is C12H17BrN2O3S. The van der Waals surface area contributed by atoms with Crippen LogP contribution in [0.3, 0.4) is 0 Å². The maximum absolute atomic E-state index is 12.0. The van der Waals surface area contributed by atoms with Gasteiger partial charge in [0.2, 0.25) is 0 Å². The van der Waals surface area contributed by atoms with Gasteiger partial charge in [0.15, 0.2) is 0 Å². The normalized spacial score (nSPS) is 13.1. The fourth-order valence-corrected chi connectivity index (χ4v) is 3.01. The van der Waals surface area contributed by atoms with Crippen molar-refractivity contribution in [3.63, 3.8) is 0 Å². The van der Waals surface area contributed by atoms with Gasteiger partial charge in [-0.05, 0) is 28.1 Å². The number of hydrogen-bond acceptors (Lipinski definition) is 4. The minimum atomic E-state index is -1.16. The third-order valence-corrected chi connectivity index (χ3v) is 3.94. The molecule has 1 N–H and O–H groups in total. The molecule has 1 aromatic heterocycles. The number of likely N-dealkylation sites (N-methyl/N-ethyl adjacent to an activating group) is 1. The standard InChI is InChI=1S/C12H17BrN2O3S/c1-15(2,3)7-8(6-11(16)17)14-12(18)9-4-5-10(13)19-9/h4-5,8H,6-7H2,1-3H3,(H-,14,16,17,18)/t8-/m1/s1. The first-order valence-electron chi connectivity index (χ1n) is 5.74. The van der Waals surface area contributed by atoms with Crippen LogP contribution in [0.25, 0.3) is 0 Å². The average molecular weight is 349 g/mol. The molecule has 1 heterocycles. The third kappa shape index (κ3) is 6.17. The molecule has 0 aliphatic carbocycles. The zero-order valence-corrected chi connectivity index (χ0v) is 13.5. The van der Waals surface area contributed by atoms with E-state index >= 15 is 0 Å². The Hall–Kier alpha value is -0.920. The molecule has 19 heavy (non-hydrogen) atoms. The van der Waals surface area contributed by atoms with Crippen LogP contribution < -0.4 is 10.4 Å². The van der Waals surface area contributed by atoms with Gasteiger partial charge in [0.25, 0.3) is 5.91 Å². The van der Waals surface area contributed by atoms with Crippen LogP contribution in [0.5, 0.6) is 0 Å². The Bertz CT molecular complexity index is 468. The minimum absolute atomic E-state index is 0.187. The van der Waals surface area contributed by atoms with Crippen molar-refractivity contribution in [3.8, 4) is 0 Å². The average Bonchev–Trinajstić information content (AvgIpc) is 2.60. The molecule has 0 spiro atoms. The molecule has 0 aliphatic rings. The van der Waals surface area contributed by atoms with E-state index in [1.54, 1.807) is 12.1 Å². The van der Waals surface area contributed by atoms with Crippen LogP contribution in [0.4, 0.5) is 0 Å².